The molecule has 0 spiro atoms. The molecular formula is C37H38IrN3O2-. The van der Waals surface area contributed by atoms with Crippen LogP contribution >= 0.6 is 0 Å². The third-order valence-corrected chi connectivity index (χ3v) is 7.36. The van der Waals surface area contributed by atoms with Crippen molar-refractivity contribution >= 4 is 44.1 Å². The number of allylic oxidation sites excluding steroid dienone is 2. The fraction of sp³-hybridized carbons (Fsp3) is 0.270. The molecule has 0 amide bonds. The Kier molecular flexibility index (Phi) is 8.97. The van der Waals surface area contributed by atoms with Crippen molar-refractivity contribution in [2.75, 3.05) is 0 Å². The molecule has 0 aliphatic rings. The van der Waals surface area contributed by atoms with Gasteiger partial charge in [-0.05, 0) is 17.5 Å². The van der Waals surface area contributed by atoms with Crippen molar-refractivity contribution in [3.63, 3.8) is 0 Å². The summed E-state index contributed by atoms with van der Waals surface area (Å²) >= 11 is 0. The smallest absolute Gasteiger partial charge is 0.164 e. The fourth-order valence-corrected chi connectivity index (χ4v) is 5.02. The number of aromatic nitrogens is 3. The first-order valence-electron chi connectivity index (χ1n) is 14.3. The van der Waals surface area contributed by atoms with Crippen LogP contribution in [0, 0.1) is 30.7 Å². The van der Waals surface area contributed by atoms with Crippen molar-refractivity contribution in [1.29, 1.82) is 0 Å². The number of rotatable bonds is 2. The number of fused-ring (bicyclic) bond motifs is 8. The van der Waals surface area contributed by atoms with E-state index in [2.05, 4.69) is 91.0 Å². The molecule has 3 aromatic carbocycles. The summed E-state index contributed by atoms with van der Waals surface area (Å²) in [5.74, 6) is 0.104. The second kappa shape index (κ2) is 12.0. The van der Waals surface area contributed by atoms with Crippen LogP contribution in [0.5, 0.6) is 0 Å². The van der Waals surface area contributed by atoms with E-state index in [-0.39, 0.29) is 37.1 Å². The van der Waals surface area contributed by atoms with Crippen molar-refractivity contribution in [3.05, 3.63) is 102 Å². The first-order valence-corrected chi connectivity index (χ1v) is 14.3. The first kappa shape index (κ1) is 32.1. The molecule has 43 heavy (non-hydrogen) atoms. The van der Waals surface area contributed by atoms with Gasteiger partial charge in [-0.1, -0.05) is 97.9 Å². The third-order valence-electron chi connectivity index (χ3n) is 7.36. The van der Waals surface area contributed by atoms with Crippen LogP contribution in [0.4, 0.5) is 0 Å². The molecule has 0 saturated carbocycles. The molecule has 223 valence electrons. The Hall–Kier alpha value is -3.86. The zero-order valence-corrected chi connectivity index (χ0v) is 28.4. The topological polar surface area (TPSA) is 67.5 Å². The summed E-state index contributed by atoms with van der Waals surface area (Å²) in [6, 6.07) is 26.8. The number of nitrogens with zero attached hydrogens (tertiary/aromatic N) is 3. The number of ketones is 1. The molecule has 0 aliphatic heterocycles. The minimum absolute atomic E-state index is 0. The second-order valence-electron chi connectivity index (χ2n) is 13.0. The van der Waals surface area contributed by atoms with E-state index in [1.54, 1.807) is 0 Å². The third kappa shape index (κ3) is 6.41. The van der Waals surface area contributed by atoms with Gasteiger partial charge in [-0.15, -0.1) is 34.9 Å². The maximum Gasteiger partial charge on any atom is 0.164 e. The number of hydrogen-bond acceptors (Lipinski definition) is 4. The van der Waals surface area contributed by atoms with Gasteiger partial charge >= 0.3 is 0 Å². The van der Waals surface area contributed by atoms with Gasteiger partial charge in [0, 0.05) is 59.7 Å². The Labute approximate surface area is 267 Å². The summed E-state index contributed by atoms with van der Waals surface area (Å²) in [5.41, 5.74) is 7.53. The number of hydrogen-bond donors (Lipinski definition) is 1. The molecule has 5 nitrogen and oxygen atoms in total. The SMILES string of the molecule is CC(C)(C)C(=O)/C=C(\O)C(C)(C)C.Cc1[c-]c(-c2nccc3c2nc2c4ccccc4c4ccccc4n32)cc(C)c1.[Ir]. The van der Waals surface area contributed by atoms with Crippen molar-refractivity contribution in [1.82, 2.24) is 14.4 Å². The zero-order chi connectivity index (χ0) is 30.4. The van der Waals surface area contributed by atoms with Gasteiger partial charge in [0.1, 0.15) is 11.4 Å². The van der Waals surface area contributed by atoms with Crippen LogP contribution in [-0.2, 0) is 24.9 Å². The molecule has 6 rings (SSSR count). The van der Waals surface area contributed by atoms with Gasteiger partial charge in [-0.2, -0.15) is 0 Å². The molecule has 0 fully saturated rings. The maximum atomic E-state index is 11.5. The van der Waals surface area contributed by atoms with Gasteiger partial charge in [-0.25, -0.2) is 4.98 Å². The molecule has 6 aromatic rings. The Morgan fingerprint density at radius 3 is 2.09 bits per heavy atom. The van der Waals surface area contributed by atoms with E-state index in [4.69, 9.17) is 9.97 Å². The minimum Gasteiger partial charge on any atom is -0.512 e. The molecule has 0 aliphatic carbocycles. The van der Waals surface area contributed by atoms with E-state index >= 15 is 0 Å². The zero-order valence-electron chi connectivity index (χ0n) is 26.0. The van der Waals surface area contributed by atoms with Crippen LogP contribution in [0.1, 0.15) is 52.7 Å². The first-order chi connectivity index (χ1) is 19.8. The normalized spacial score (nSPS) is 12.3. The number of aryl methyl sites for hydroxylation is 2. The number of para-hydroxylation sites is 1. The molecule has 6 heteroatoms. The summed E-state index contributed by atoms with van der Waals surface area (Å²) in [7, 11) is 0. The molecule has 3 aromatic heterocycles. The molecule has 0 saturated heterocycles. The van der Waals surface area contributed by atoms with E-state index in [9.17, 15) is 9.90 Å². The average molecular weight is 749 g/mol. The van der Waals surface area contributed by atoms with E-state index < -0.39 is 5.41 Å². The van der Waals surface area contributed by atoms with Crippen LogP contribution in [0.15, 0.2) is 84.8 Å². The number of carbonyl (C=O) groups is 1. The molecule has 0 bridgehead atoms. The predicted octanol–water partition coefficient (Wildman–Crippen LogP) is 9.36. The van der Waals surface area contributed by atoms with Crippen LogP contribution in [-0.4, -0.2) is 25.3 Å². The van der Waals surface area contributed by atoms with Crippen LogP contribution in [0.25, 0.3) is 49.6 Å². The van der Waals surface area contributed by atoms with E-state index in [0.29, 0.717) is 0 Å². The molecule has 0 unspecified atom stereocenters. The van der Waals surface area contributed by atoms with Crippen molar-refractivity contribution in [2.45, 2.75) is 55.4 Å². The molecule has 3 heterocycles. The van der Waals surface area contributed by atoms with E-state index in [0.717, 1.165) is 44.4 Å². The molecule has 0 atom stereocenters. The standard InChI is InChI=1S/C26H18N3.C11H20O2.Ir/c1-16-13-17(2)15-18(14-16)24-25-23(11-12-27-24)29-22-10-6-5-8-20(22)19-7-3-4-9-21(19)26(29)28-25;1-10(2,3)8(12)7-9(13)11(4,5)6;/h3-14H,1-2H3;7,12H,1-6H3;/q-1;;/b;8-7-;. The molecule has 1 N–H and O–H groups in total. The molecule has 1 radical (unpaired) electrons. The van der Waals surface area contributed by atoms with Crippen LogP contribution < -0.4 is 0 Å². The Morgan fingerprint density at radius 1 is 0.837 bits per heavy atom. The predicted molar refractivity (Wildman–Crippen MR) is 174 cm³/mol. The van der Waals surface area contributed by atoms with Gasteiger partial charge in [0.2, 0.25) is 0 Å². The molecular weight excluding hydrogens is 711 g/mol. The van der Waals surface area contributed by atoms with Crippen molar-refractivity contribution in [2.24, 2.45) is 10.8 Å². The van der Waals surface area contributed by atoms with E-state index in [1.165, 1.54) is 22.4 Å². The van der Waals surface area contributed by atoms with Crippen molar-refractivity contribution < 1.29 is 30.0 Å². The van der Waals surface area contributed by atoms with Gasteiger partial charge in [0.15, 0.2) is 5.78 Å². The maximum absolute atomic E-state index is 11.5. The number of pyridine rings is 2. The van der Waals surface area contributed by atoms with Gasteiger partial charge in [0.25, 0.3) is 0 Å². The van der Waals surface area contributed by atoms with Crippen LogP contribution in [0.3, 0.4) is 0 Å². The Morgan fingerprint density at radius 2 is 1.47 bits per heavy atom. The van der Waals surface area contributed by atoms with E-state index in [1.807, 2.05) is 47.7 Å². The number of benzene rings is 3. The number of aliphatic hydroxyl groups is 1. The number of imidazole rings is 1. The van der Waals surface area contributed by atoms with Gasteiger partial charge in [0.05, 0.1) is 16.6 Å². The summed E-state index contributed by atoms with van der Waals surface area (Å²) in [5, 5.41) is 13.2. The van der Waals surface area contributed by atoms with Gasteiger partial charge < -0.3 is 10.1 Å². The largest absolute Gasteiger partial charge is 0.512 e. The summed E-state index contributed by atoms with van der Waals surface area (Å²) in [6.07, 6.45) is 3.21. The average Bonchev–Trinajstić information content (AvgIpc) is 3.32. The van der Waals surface area contributed by atoms with Crippen molar-refractivity contribution in [3.8, 4) is 11.3 Å². The number of aliphatic hydroxyl groups excluding tert-OH is 1. The van der Waals surface area contributed by atoms with Gasteiger partial charge in [-0.3, -0.25) is 9.20 Å². The second-order valence-corrected chi connectivity index (χ2v) is 13.0. The summed E-state index contributed by atoms with van der Waals surface area (Å²) in [4.78, 5) is 21.3. The summed E-state index contributed by atoms with van der Waals surface area (Å²) in [6.45, 7) is 15.3. The summed E-state index contributed by atoms with van der Waals surface area (Å²) < 4.78 is 2.26. The number of carbonyl (C=O) groups excluding carboxylic acids is 1. The minimum atomic E-state index is -0.417. The quantitative estimate of drug-likeness (QED) is 0.0830. The Bertz CT molecular complexity index is 1990. The monoisotopic (exact) mass is 749 g/mol. The Balaban J connectivity index is 0.000000260. The van der Waals surface area contributed by atoms with Crippen LogP contribution in [0.2, 0.25) is 0 Å². The fourth-order valence-electron chi connectivity index (χ4n) is 5.02.